The van der Waals surface area contributed by atoms with E-state index in [0.717, 1.165) is 19.3 Å². The summed E-state index contributed by atoms with van der Waals surface area (Å²) in [7, 11) is -4.38. The number of unbranched alkanes of at least 4 members (excludes halogenated alkanes) is 7. The average molecular weight is 353 g/mol. The number of rotatable bonds is 16. The molecular weight excluding hydrogens is 316 g/mol. The molecule has 0 fully saturated rings. The van der Waals surface area contributed by atoms with Gasteiger partial charge in [-0.15, -0.1) is 0 Å². The van der Waals surface area contributed by atoms with E-state index < -0.39 is 16.5 Å². The van der Waals surface area contributed by atoms with Crippen molar-refractivity contribution in [1.82, 2.24) is 0 Å². The molecule has 0 heterocycles. The lowest BCUT2D eigenvalue weighted by atomic mass is 10.0. The lowest BCUT2D eigenvalue weighted by molar-refractivity contribution is 0.0558. The fraction of sp³-hybridized carbons (Fsp3) is 1.00. The van der Waals surface area contributed by atoms with Crippen molar-refractivity contribution >= 4 is 10.4 Å². The predicted molar refractivity (Wildman–Crippen MR) is 94.0 cm³/mol. The molecular formula is C17H36O5S. The third kappa shape index (κ3) is 16.5. The number of hydrogen-bond donors (Lipinski definition) is 1. The normalized spacial score (nSPS) is 14.8. The highest BCUT2D eigenvalue weighted by Gasteiger charge is 2.18. The number of ether oxygens (including phenoxy) is 1. The molecule has 2 atom stereocenters. The second-order valence-electron chi connectivity index (χ2n) is 6.25. The Kier molecular flexibility index (Phi) is 14.1. The zero-order valence-corrected chi connectivity index (χ0v) is 15.9. The average Bonchev–Trinajstić information content (AvgIpc) is 2.46. The van der Waals surface area contributed by atoms with Gasteiger partial charge in [0.05, 0.1) is 12.2 Å². The van der Waals surface area contributed by atoms with E-state index in [9.17, 15) is 8.42 Å². The summed E-state index contributed by atoms with van der Waals surface area (Å²) < 4.78 is 41.0. The standard InChI is InChI=1S/C17H36O5S/c1-4-6-7-8-9-10-11-12-13-17(22-23(18,19)20)15-14-16(3)21-5-2/h16-17H,4-15H2,1-3H3,(H,18,19,20). The minimum Gasteiger partial charge on any atom is -0.379 e. The molecule has 0 aliphatic heterocycles. The first-order valence-electron chi connectivity index (χ1n) is 9.16. The van der Waals surface area contributed by atoms with Crippen molar-refractivity contribution in [2.45, 2.75) is 104 Å². The van der Waals surface area contributed by atoms with Crippen molar-refractivity contribution in [2.75, 3.05) is 6.61 Å². The predicted octanol–water partition coefficient (Wildman–Crippen LogP) is 4.91. The summed E-state index contributed by atoms with van der Waals surface area (Å²) in [6, 6.07) is 0. The summed E-state index contributed by atoms with van der Waals surface area (Å²) in [4.78, 5) is 0. The SMILES string of the molecule is CCCCCCCCCCC(CCC(C)OCC)OS(=O)(=O)O. The fourth-order valence-electron chi connectivity index (χ4n) is 2.71. The third-order valence-electron chi connectivity index (χ3n) is 3.98. The molecule has 0 aliphatic rings. The minimum absolute atomic E-state index is 0.0751. The summed E-state index contributed by atoms with van der Waals surface area (Å²) in [6.07, 6.45) is 11.2. The molecule has 0 aromatic carbocycles. The minimum atomic E-state index is -4.38. The number of hydrogen-bond acceptors (Lipinski definition) is 4. The Balaban J connectivity index is 3.93. The van der Waals surface area contributed by atoms with Crippen LogP contribution in [0.2, 0.25) is 0 Å². The van der Waals surface area contributed by atoms with Crippen molar-refractivity contribution in [2.24, 2.45) is 0 Å². The molecule has 2 unspecified atom stereocenters. The summed E-state index contributed by atoms with van der Waals surface area (Å²) in [5.41, 5.74) is 0. The molecule has 5 nitrogen and oxygen atoms in total. The van der Waals surface area contributed by atoms with Crippen molar-refractivity contribution in [3.05, 3.63) is 0 Å². The zero-order valence-electron chi connectivity index (χ0n) is 15.1. The van der Waals surface area contributed by atoms with Gasteiger partial charge in [0, 0.05) is 6.61 Å². The van der Waals surface area contributed by atoms with E-state index in [1.54, 1.807) is 0 Å². The van der Waals surface area contributed by atoms with Crippen LogP contribution in [0.4, 0.5) is 0 Å². The molecule has 0 amide bonds. The third-order valence-corrected chi connectivity index (χ3v) is 4.50. The van der Waals surface area contributed by atoms with E-state index >= 15 is 0 Å². The Hall–Kier alpha value is -0.170. The second kappa shape index (κ2) is 14.2. The van der Waals surface area contributed by atoms with Gasteiger partial charge in [-0.2, -0.15) is 8.42 Å². The Bertz CT molecular complexity index is 356. The van der Waals surface area contributed by atoms with Gasteiger partial charge in [0.1, 0.15) is 0 Å². The van der Waals surface area contributed by atoms with Crippen LogP contribution in [0.25, 0.3) is 0 Å². The van der Waals surface area contributed by atoms with E-state index in [1.807, 2.05) is 13.8 Å². The van der Waals surface area contributed by atoms with Crippen molar-refractivity contribution in [3.8, 4) is 0 Å². The molecule has 6 heteroatoms. The van der Waals surface area contributed by atoms with E-state index in [0.29, 0.717) is 19.4 Å². The topological polar surface area (TPSA) is 72.8 Å². The maximum Gasteiger partial charge on any atom is 0.397 e. The molecule has 1 N–H and O–H groups in total. The lowest BCUT2D eigenvalue weighted by Crippen LogP contribution is -2.20. The van der Waals surface area contributed by atoms with Crippen molar-refractivity contribution in [1.29, 1.82) is 0 Å². The van der Waals surface area contributed by atoms with Gasteiger partial charge in [0.2, 0.25) is 0 Å². The Morgan fingerprint density at radius 1 is 0.870 bits per heavy atom. The maximum absolute atomic E-state index is 10.9. The molecule has 0 rings (SSSR count). The molecule has 0 saturated heterocycles. The van der Waals surface area contributed by atoms with Crippen LogP contribution in [-0.2, 0) is 19.3 Å². The van der Waals surface area contributed by atoms with Gasteiger partial charge in [-0.3, -0.25) is 4.55 Å². The smallest absolute Gasteiger partial charge is 0.379 e. The monoisotopic (exact) mass is 352 g/mol. The van der Waals surface area contributed by atoms with Gasteiger partial charge in [-0.05, 0) is 33.1 Å². The first-order chi connectivity index (χ1) is 10.9. The Morgan fingerprint density at radius 3 is 1.96 bits per heavy atom. The molecule has 0 aromatic heterocycles. The quantitative estimate of drug-likeness (QED) is 0.315. The van der Waals surface area contributed by atoms with Gasteiger partial charge < -0.3 is 4.74 Å². The van der Waals surface area contributed by atoms with E-state index in [2.05, 4.69) is 6.92 Å². The van der Waals surface area contributed by atoms with Crippen LogP contribution < -0.4 is 0 Å². The summed E-state index contributed by atoms with van der Waals surface area (Å²) in [5, 5.41) is 0. The van der Waals surface area contributed by atoms with Gasteiger partial charge in [0.15, 0.2) is 0 Å². The zero-order chi connectivity index (χ0) is 17.6. The van der Waals surface area contributed by atoms with Crippen LogP contribution >= 0.6 is 0 Å². The fourth-order valence-corrected chi connectivity index (χ4v) is 3.24. The first-order valence-corrected chi connectivity index (χ1v) is 10.5. The molecule has 0 spiro atoms. The van der Waals surface area contributed by atoms with Crippen LogP contribution in [0, 0.1) is 0 Å². The molecule has 140 valence electrons. The Labute approximate surface area is 143 Å². The molecule has 0 aromatic rings. The summed E-state index contributed by atoms with van der Waals surface area (Å²) in [6.45, 7) is 6.75. The first kappa shape index (κ1) is 22.8. The molecule has 0 radical (unpaired) electrons. The van der Waals surface area contributed by atoms with Gasteiger partial charge in [-0.1, -0.05) is 58.3 Å². The highest BCUT2D eigenvalue weighted by molar-refractivity contribution is 7.80. The van der Waals surface area contributed by atoms with Crippen LogP contribution in [0.15, 0.2) is 0 Å². The van der Waals surface area contributed by atoms with Crippen LogP contribution in [0.5, 0.6) is 0 Å². The largest absolute Gasteiger partial charge is 0.397 e. The summed E-state index contributed by atoms with van der Waals surface area (Å²) >= 11 is 0. The van der Waals surface area contributed by atoms with Gasteiger partial charge in [-0.25, -0.2) is 4.18 Å². The van der Waals surface area contributed by atoms with Crippen molar-refractivity contribution in [3.63, 3.8) is 0 Å². The summed E-state index contributed by atoms with van der Waals surface area (Å²) in [5.74, 6) is 0. The van der Waals surface area contributed by atoms with E-state index in [4.69, 9.17) is 13.5 Å². The van der Waals surface area contributed by atoms with Crippen LogP contribution in [0.1, 0.15) is 91.4 Å². The molecule has 23 heavy (non-hydrogen) atoms. The maximum atomic E-state index is 10.9. The molecule has 0 aliphatic carbocycles. The van der Waals surface area contributed by atoms with Gasteiger partial charge >= 0.3 is 10.4 Å². The van der Waals surface area contributed by atoms with Crippen molar-refractivity contribution < 1.29 is 21.9 Å². The van der Waals surface area contributed by atoms with Crippen LogP contribution in [0.3, 0.4) is 0 Å². The second-order valence-corrected chi connectivity index (χ2v) is 7.30. The van der Waals surface area contributed by atoms with Gasteiger partial charge in [0.25, 0.3) is 0 Å². The lowest BCUT2D eigenvalue weighted by Gasteiger charge is -2.18. The molecule has 0 saturated carbocycles. The van der Waals surface area contributed by atoms with E-state index in [1.165, 1.54) is 38.5 Å². The Morgan fingerprint density at radius 2 is 1.43 bits per heavy atom. The van der Waals surface area contributed by atoms with E-state index in [-0.39, 0.29) is 6.10 Å². The highest BCUT2D eigenvalue weighted by Crippen LogP contribution is 2.17. The highest BCUT2D eigenvalue weighted by atomic mass is 32.3. The molecule has 0 bridgehead atoms. The van der Waals surface area contributed by atoms with Crippen LogP contribution in [-0.4, -0.2) is 31.8 Å².